The first-order valence-electron chi connectivity index (χ1n) is 6.12. The average molecular weight is 263 g/mol. The molecular weight excluding hydrogens is 242 g/mol. The van der Waals surface area contributed by atoms with Crippen LogP contribution in [0, 0.1) is 0 Å². The van der Waals surface area contributed by atoms with Crippen LogP contribution >= 0.6 is 0 Å². The zero-order chi connectivity index (χ0) is 14.3. The van der Waals surface area contributed by atoms with Gasteiger partial charge in [0.2, 0.25) is 5.91 Å². The quantitative estimate of drug-likeness (QED) is 0.602. The molecule has 0 aliphatic rings. The molecule has 0 aliphatic heterocycles. The summed E-state index contributed by atoms with van der Waals surface area (Å²) in [6.07, 6.45) is 2.98. The third kappa shape index (κ3) is 6.59. The molecule has 1 aromatic carbocycles. The Hall–Kier alpha value is -1.85. The van der Waals surface area contributed by atoms with E-state index in [1.807, 2.05) is 25.1 Å². The fourth-order valence-corrected chi connectivity index (χ4v) is 1.39. The fourth-order valence-electron chi connectivity index (χ4n) is 1.39. The maximum atomic E-state index is 11.6. The monoisotopic (exact) mass is 263 g/mol. The van der Waals surface area contributed by atoms with Crippen LogP contribution in [-0.2, 0) is 4.79 Å². The Balaban J connectivity index is 2.48. The van der Waals surface area contributed by atoms with Crippen LogP contribution in [0.4, 0.5) is 5.69 Å². The lowest BCUT2D eigenvalue weighted by Gasteiger charge is -2.10. The van der Waals surface area contributed by atoms with Crippen molar-refractivity contribution in [3.8, 4) is 5.75 Å². The lowest BCUT2D eigenvalue weighted by atomic mass is 10.3. The minimum absolute atomic E-state index is 0.150. The summed E-state index contributed by atoms with van der Waals surface area (Å²) in [7, 11) is 3.89. The molecule has 104 valence electrons. The van der Waals surface area contributed by atoms with Crippen molar-refractivity contribution in [1.29, 1.82) is 0 Å². The van der Waals surface area contributed by atoms with E-state index in [0.29, 0.717) is 5.75 Å². The largest absolute Gasteiger partial charge is 0.476 e. The number of likely N-dealkylation sites (N-methyl/N-ethyl adjacent to an activating group) is 1. The van der Waals surface area contributed by atoms with Gasteiger partial charge in [-0.1, -0.05) is 6.08 Å². The van der Waals surface area contributed by atoms with E-state index in [1.165, 1.54) is 6.08 Å². The molecule has 0 spiro atoms. The van der Waals surface area contributed by atoms with Gasteiger partial charge < -0.3 is 15.0 Å². The van der Waals surface area contributed by atoms with Gasteiger partial charge in [0.25, 0.3) is 0 Å². The van der Waals surface area contributed by atoms with Gasteiger partial charge in [-0.25, -0.2) is 0 Å². The number of anilines is 1. The van der Waals surface area contributed by atoms with Gasteiger partial charge >= 0.3 is 0 Å². The van der Waals surface area contributed by atoms with Crippen LogP contribution in [0.2, 0.25) is 0 Å². The first kappa shape index (κ1) is 15.2. The molecule has 19 heavy (non-hydrogen) atoms. The highest BCUT2D eigenvalue weighted by Gasteiger charge is 2.00. The first-order valence-corrected chi connectivity index (χ1v) is 6.12. The minimum atomic E-state index is -0.352. The van der Waals surface area contributed by atoms with E-state index in [1.54, 1.807) is 31.2 Å². The van der Waals surface area contributed by atoms with Crippen molar-refractivity contribution in [2.75, 3.05) is 26.0 Å². The Kier molecular flexibility index (Phi) is 6.05. The van der Waals surface area contributed by atoms with E-state index in [-0.39, 0.29) is 12.1 Å². The molecule has 3 N–H and O–H groups in total. The molecule has 0 heterocycles. The van der Waals surface area contributed by atoms with Gasteiger partial charge in [-0.3, -0.25) is 10.5 Å². The van der Waals surface area contributed by atoms with Gasteiger partial charge in [-0.05, 0) is 45.3 Å². The number of benzene rings is 1. The molecule has 0 radical (unpaired) electrons. The van der Waals surface area contributed by atoms with Crippen LogP contribution in [-0.4, -0.2) is 37.7 Å². The Morgan fingerprint density at radius 3 is 2.58 bits per heavy atom. The smallest absolute Gasteiger partial charge is 0.248 e. The van der Waals surface area contributed by atoms with Crippen molar-refractivity contribution in [3.05, 3.63) is 36.4 Å². The molecule has 0 bridgehead atoms. The number of rotatable bonds is 6. The topological polar surface area (TPSA) is 67.6 Å². The van der Waals surface area contributed by atoms with E-state index in [4.69, 9.17) is 10.5 Å². The fraction of sp³-hybridized carbons (Fsp3) is 0.357. The Labute approximate surface area is 114 Å². The second kappa shape index (κ2) is 7.56. The molecule has 1 amide bonds. The van der Waals surface area contributed by atoms with Gasteiger partial charge in [-0.15, -0.1) is 0 Å². The summed E-state index contributed by atoms with van der Waals surface area (Å²) in [6, 6.07) is 7.08. The summed E-state index contributed by atoms with van der Waals surface area (Å²) >= 11 is 0. The number of carbonyl (C=O) groups is 1. The van der Waals surface area contributed by atoms with Gasteiger partial charge in [-0.2, -0.15) is 0 Å². The van der Waals surface area contributed by atoms with Crippen molar-refractivity contribution in [3.63, 3.8) is 0 Å². The maximum absolute atomic E-state index is 11.6. The number of hydrogen-bond acceptors (Lipinski definition) is 4. The SMILES string of the molecule is CC(N)Oc1ccc(NC(=O)/C=C/CN(C)C)cc1. The lowest BCUT2D eigenvalue weighted by Crippen LogP contribution is -2.22. The van der Waals surface area contributed by atoms with Crippen LogP contribution in [0.5, 0.6) is 5.75 Å². The molecule has 1 rings (SSSR count). The second-order valence-electron chi connectivity index (χ2n) is 4.50. The second-order valence-corrected chi connectivity index (χ2v) is 4.50. The number of ether oxygens (including phenoxy) is 1. The Morgan fingerprint density at radius 1 is 1.42 bits per heavy atom. The summed E-state index contributed by atoms with van der Waals surface area (Å²) in [6.45, 7) is 2.49. The Morgan fingerprint density at radius 2 is 2.05 bits per heavy atom. The van der Waals surface area contributed by atoms with Crippen molar-refractivity contribution in [2.45, 2.75) is 13.2 Å². The van der Waals surface area contributed by atoms with E-state index < -0.39 is 0 Å². The summed E-state index contributed by atoms with van der Waals surface area (Å²) in [5, 5.41) is 2.77. The van der Waals surface area contributed by atoms with Crippen LogP contribution < -0.4 is 15.8 Å². The van der Waals surface area contributed by atoms with E-state index >= 15 is 0 Å². The first-order chi connectivity index (χ1) is 8.97. The number of carbonyl (C=O) groups excluding carboxylic acids is 1. The van der Waals surface area contributed by atoms with Crippen LogP contribution in [0.15, 0.2) is 36.4 Å². The summed E-state index contributed by atoms with van der Waals surface area (Å²) in [5.41, 5.74) is 6.24. The van der Waals surface area contributed by atoms with Crippen molar-refractivity contribution in [1.82, 2.24) is 4.90 Å². The van der Waals surface area contributed by atoms with Gasteiger partial charge in [0.05, 0.1) is 0 Å². The molecule has 0 saturated heterocycles. The molecule has 0 aromatic heterocycles. The third-order valence-electron chi connectivity index (χ3n) is 2.18. The predicted octanol–water partition coefficient (Wildman–Crippen LogP) is 1.43. The van der Waals surface area contributed by atoms with E-state index in [9.17, 15) is 4.79 Å². The molecule has 1 atom stereocenters. The summed E-state index contributed by atoms with van der Waals surface area (Å²) < 4.78 is 5.31. The van der Waals surface area contributed by atoms with E-state index in [2.05, 4.69) is 5.32 Å². The number of amides is 1. The summed E-state index contributed by atoms with van der Waals surface area (Å²) in [4.78, 5) is 13.6. The van der Waals surface area contributed by atoms with Gasteiger partial charge in [0.15, 0.2) is 0 Å². The number of hydrogen-bond donors (Lipinski definition) is 2. The third-order valence-corrected chi connectivity index (χ3v) is 2.18. The Bertz CT molecular complexity index is 425. The van der Waals surface area contributed by atoms with Gasteiger partial charge in [0, 0.05) is 18.3 Å². The highest BCUT2D eigenvalue weighted by atomic mass is 16.5. The van der Waals surface area contributed by atoms with Crippen LogP contribution in [0.3, 0.4) is 0 Å². The molecule has 0 aliphatic carbocycles. The molecule has 1 unspecified atom stereocenters. The van der Waals surface area contributed by atoms with Crippen molar-refractivity contribution >= 4 is 11.6 Å². The summed E-state index contributed by atoms with van der Waals surface area (Å²) in [5.74, 6) is 0.527. The molecule has 0 fully saturated rings. The average Bonchev–Trinajstić information content (AvgIpc) is 2.30. The predicted molar refractivity (Wildman–Crippen MR) is 77.0 cm³/mol. The molecule has 1 aromatic rings. The van der Waals surface area contributed by atoms with Crippen LogP contribution in [0.1, 0.15) is 6.92 Å². The van der Waals surface area contributed by atoms with E-state index in [0.717, 1.165) is 12.2 Å². The molecule has 5 nitrogen and oxygen atoms in total. The number of nitrogens with one attached hydrogen (secondary N) is 1. The minimum Gasteiger partial charge on any atom is -0.476 e. The van der Waals surface area contributed by atoms with Gasteiger partial charge in [0.1, 0.15) is 12.0 Å². The molecular formula is C14H21N3O2. The highest BCUT2D eigenvalue weighted by molar-refractivity contribution is 5.99. The zero-order valence-electron chi connectivity index (χ0n) is 11.6. The van der Waals surface area contributed by atoms with Crippen molar-refractivity contribution in [2.24, 2.45) is 5.73 Å². The standard InChI is InChI=1S/C14H21N3O2/c1-11(15)19-13-8-6-12(7-9-13)16-14(18)5-4-10-17(2)3/h4-9,11H,10,15H2,1-3H3,(H,16,18)/b5-4+. The number of nitrogens with two attached hydrogens (primary N) is 1. The maximum Gasteiger partial charge on any atom is 0.248 e. The highest BCUT2D eigenvalue weighted by Crippen LogP contribution is 2.16. The molecule has 0 saturated carbocycles. The molecule has 5 heteroatoms. The van der Waals surface area contributed by atoms with Crippen molar-refractivity contribution < 1.29 is 9.53 Å². The van der Waals surface area contributed by atoms with Crippen LogP contribution in [0.25, 0.3) is 0 Å². The zero-order valence-corrected chi connectivity index (χ0v) is 11.6. The lowest BCUT2D eigenvalue weighted by molar-refractivity contribution is -0.111. The number of nitrogens with zero attached hydrogens (tertiary/aromatic N) is 1. The normalized spacial score (nSPS) is 12.7.